The third-order valence-electron chi connectivity index (χ3n) is 2.09. The minimum Gasteiger partial charge on any atom is -0.377 e. The molecular formula is C12H17N. The van der Waals surface area contributed by atoms with Gasteiger partial charge in [0.1, 0.15) is 0 Å². The first-order valence-corrected chi connectivity index (χ1v) is 4.62. The Kier molecular flexibility index (Phi) is 3.56. The molecule has 1 aromatic rings. The van der Waals surface area contributed by atoms with Gasteiger partial charge in [-0.2, -0.15) is 0 Å². The maximum absolute atomic E-state index is 3.74. The maximum atomic E-state index is 3.74. The Bertz CT molecular complexity index is 276. The molecule has 0 saturated heterocycles. The summed E-state index contributed by atoms with van der Waals surface area (Å²) < 4.78 is 0. The summed E-state index contributed by atoms with van der Waals surface area (Å²) in [5, 5.41) is 0. The van der Waals surface area contributed by atoms with Crippen molar-refractivity contribution in [1.82, 2.24) is 0 Å². The lowest BCUT2D eigenvalue weighted by Crippen LogP contribution is -2.10. The zero-order valence-corrected chi connectivity index (χ0v) is 8.46. The predicted octanol–water partition coefficient (Wildman–Crippen LogP) is 2.87. The smallest absolute Gasteiger partial charge is 0.0393 e. The molecule has 0 atom stereocenters. The van der Waals surface area contributed by atoms with Crippen molar-refractivity contribution in [2.45, 2.75) is 12.8 Å². The van der Waals surface area contributed by atoms with Gasteiger partial charge in [-0.25, -0.2) is 0 Å². The van der Waals surface area contributed by atoms with Gasteiger partial charge in [0, 0.05) is 19.8 Å². The minimum atomic E-state index is 1.05. The van der Waals surface area contributed by atoms with Gasteiger partial charge in [-0.3, -0.25) is 0 Å². The first-order valence-electron chi connectivity index (χ1n) is 4.62. The molecule has 0 spiro atoms. The molecule has 0 aliphatic heterocycles. The van der Waals surface area contributed by atoms with Crippen LogP contribution in [0.4, 0.5) is 5.69 Å². The van der Waals surface area contributed by atoms with E-state index in [2.05, 4.69) is 49.8 Å². The van der Waals surface area contributed by atoms with E-state index < -0.39 is 0 Å². The van der Waals surface area contributed by atoms with Crippen LogP contribution in [0.25, 0.3) is 0 Å². The minimum absolute atomic E-state index is 1.05. The molecule has 0 bridgehead atoms. The zero-order chi connectivity index (χ0) is 9.68. The molecule has 1 nitrogen and oxygen atoms in total. The van der Waals surface area contributed by atoms with Crippen LogP contribution < -0.4 is 4.90 Å². The standard InChI is InChI=1S/C12H17N/c1-4-5-8-11-9-6-7-10-12(11)13(2)3/h4,6-7,9-10H,1,5,8H2,2-3H3. The monoisotopic (exact) mass is 175 g/mol. The van der Waals surface area contributed by atoms with Crippen LogP contribution in [0.1, 0.15) is 12.0 Å². The average Bonchev–Trinajstić information content (AvgIpc) is 2.15. The molecule has 0 aliphatic carbocycles. The van der Waals surface area contributed by atoms with Crippen molar-refractivity contribution in [3.63, 3.8) is 0 Å². The van der Waals surface area contributed by atoms with E-state index >= 15 is 0 Å². The van der Waals surface area contributed by atoms with Crippen LogP contribution in [0, 0.1) is 0 Å². The van der Waals surface area contributed by atoms with Crippen molar-refractivity contribution in [3.8, 4) is 0 Å². The van der Waals surface area contributed by atoms with Crippen molar-refractivity contribution in [1.29, 1.82) is 0 Å². The topological polar surface area (TPSA) is 3.24 Å². The van der Waals surface area contributed by atoms with Crippen LogP contribution in [0.5, 0.6) is 0 Å². The van der Waals surface area contributed by atoms with E-state index in [1.807, 2.05) is 6.08 Å². The van der Waals surface area contributed by atoms with Gasteiger partial charge in [-0.1, -0.05) is 24.3 Å². The molecule has 0 heterocycles. The Hall–Kier alpha value is -1.24. The van der Waals surface area contributed by atoms with Crippen LogP contribution in [-0.2, 0) is 6.42 Å². The van der Waals surface area contributed by atoms with Gasteiger partial charge < -0.3 is 4.90 Å². The molecule has 1 rings (SSSR count). The van der Waals surface area contributed by atoms with E-state index in [0.29, 0.717) is 0 Å². The lowest BCUT2D eigenvalue weighted by molar-refractivity contribution is 0.982. The summed E-state index contributed by atoms with van der Waals surface area (Å²) in [6.07, 6.45) is 4.09. The number of nitrogens with zero attached hydrogens (tertiary/aromatic N) is 1. The maximum Gasteiger partial charge on any atom is 0.0393 e. The largest absolute Gasteiger partial charge is 0.377 e. The highest BCUT2D eigenvalue weighted by atomic mass is 15.1. The lowest BCUT2D eigenvalue weighted by Gasteiger charge is -2.16. The molecule has 0 saturated carbocycles. The summed E-state index contributed by atoms with van der Waals surface area (Å²) in [4.78, 5) is 2.15. The second-order valence-electron chi connectivity index (χ2n) is 3.35. The van der Waals surface area contributed by atoms with E-state index in [0.717, 1.165) is 12.8 Å². The van der Waals surface area contributed by atoms with Crippen LogP contribution in [0.15, 0.2) is 36.9 Å². The Balaban J connectivity index is 2.84. The highest BCUT2D eigenvalue weighted by Crippen LogP contribution is 2.19. The average molecular weight is 175 g/mol. The third-order valence-corrected chi connectivity index (χ3v) is 2.09. The van der Waals surface area contributed by atoms with Gasteiger partial charge in [0.05, 0.1) is 0 Å². The fourth-order valence-corrected chi connectivity index (χ4v) is 1.42. The molecule has 70 valence electrons. The quantitative estimate of drug-likeness (QED) is 0.636. The van der Waals surface area contributed by atoms with Gasteiger partial charge in [-0.15, -0.1) is 6.58 Å². The number of anilines is 1. The molecule has 0 aliphatic rings. The van der Waals surface area contributed by atoms with E-state index in [-0.39, 0.29) is 0 Å². The Morgan fingerprint density at radius 1 is 1.31 bits per heavy atom. The lowest BCUT2D eigenvalue weighted by atomic mass is 10.1. The highest BCUT2D eigenvalue weighted by molar-refractivity contribution is 5.52. The van der Waals surface area contributed by atoms with Gasteiger partial charge in [0.25, 0.3) is 0 Å². The molecule has 0 aromatic heterocycles. The summed E-state index contributed by atoms with van der Waals surface area (Å²) in [5.74, 6) is 0. The number of hydrogen-bond donors (Lipinski definition) is 0. The van der Waals surface area contributed by atoms with Crippen molar-refractivity contribution in [2.75, 3.05) is 19.0 Å². The van der Waals surface area contributed by atoms with Crippen LogP contribution >= 0.6 is 0 Å². The van der Waals surface area contributed by atoms with E-state index in [1.54, 1.807) is 0 Å². The summed E-state index contributed by atoms with van der Waals surface area (Å²) in [7, 11) is 4.15. The number of rotatable bonds is 4. The number of hydrogen-bond acceptors (Lipinski definition) is 1. The second-order valence-corrected chi connectivity index (χ2v) is 3.35. The number of allylic oxidation sites excluding steroid dienone is 1. The summed E-state index contributed by atoms with van der Waals surface area (Å²) in [5.41, 5.74) is 2.71. The predicted molar refractivity (Wildman–Crippen MR) is 59.3 cm³/mol. The van der Waals surface area contributed by atoms with Gasteiger partial charge >= 0.3 is 0 Å². The highest BCUT2D eigenvalue weighted by Gasteiger charge is 2.01. The van der Waals surface area contributed by atoms with Crippen LogP contribution in [0.2, 0.25) is 0 Å². The fraction of sp³-hybridized carbons (Fsp3) is 0.333. The molecular weight excluding hydrogens is 158 g/mol. The van der Waals surface area contributed by atoms with Crippen LogP contribution in [0.3, 0.4) is 0 Å². The van der Waals surface area contributed by atoms with E-state index in [4.69, 9.17) is 0 Å². The molecule has 0 unspecified atom stereocenters. The third kappa shape index (κ3) is 2.62. The van der Waals surface area contributed by atoms with Crippen molar-refractivity contribution >= 4 is 5.69 Å². The zero-order valence-electron chi connectivity index (χ0n) is 8.46. The van der Waals surface area contributed by atoms with E-state index in [1.165, 1.54) is 11.3 Å². The molecule has 13 heavy (non-hydrogen) atoms. The van der Waals surface area contributed by atoms with Gasteiger partial charge in [0.2, 0.25) is 0 Å². The Morgan fingerprint density at radius 2 is 2.00 bits per heavy atom. The number of aryl methyl sites for hydroxylation is 1. The Morgan fingerprint density at radius 3 is 2.62 bits per heavy atom. The second kappa shape index (κ2) is 4.70. The molecule has 0 amide bonds. The molecule has 1 heteroatoms. The fourth-order valence-electron chi connectivity index (χ4n) is 1.42. The molecule has 1 aromatic carbocycles. The molecule has 0 N–H and O–H groups in total. The first kappa shape index (κ1) is 9.85. The normalized spacial score (nSPS) is 9.69. The SMILES string of the molecule is C=CCCc1ccccc1N(C)C. The number of benzene rings is 1. The van der Waals surface area contributed by atoms with E-state index in [9.17, 15) is 0 Å². The summed E-state index contributed by atoms with van der Waals surface area (Å²) in [6, 6.07) is 8.50. The number of para-hydroxylation sites is 1. The molecule has 0 radical (unpaired) electrons. The van der Waals surface area contributed by atoms with Gasteiger partial charge in [0.15, 0.2) is 0 Å². The van der Waals surface area contributed by atoms with Crippen molar-refractivity contribution in [3.05, 3.63) is 42.5 Å². The van der Waals surface area contributed by atoms with Crippen molar-refractivity contribution in [2.24, 2.45) is 0 Å². The van der Waals surface area contributed by atoms with Crippen molar-refractivity contribution < 1.29 is 0 Å². The first-order chi connectivity index (χ1) is 6.25. The Labute approximate surface area is 80.7 Å². The summed E-state index contributed by atoms with van der Waals surface area (Å²) >= 11 is 0. The van der Waals surface area contributed by atoms with Crippen LogP contribution in [-0.4, -0.2) is 14.1 Å². The van der Waals surface area contributed by atoms with Gasteiger partial charge in [-0.05, 0) is 24.5 Å². The molecule has 0 fully saturated rings. The summed E-state index contributed by atoms with van der Waals surface area (Å²) in [6.45, 7) is 3.74.